The summed E-state index contributed by atoms with van der Waals surface area (Å²) in [4.78, 5) is 0. The van der Waals surface area contributed by atoms with Crippen LogP contribution in [0.5, 0.6) is 0 Å². The van der Waals surface area contributed by atoms with Gasteiger partial charge in [0.2, 0.25) is 0 Å². The third-order valence-corrected chi connectivity index (χ3v) is 5.44. The molecule has 142 valence electrons. The van der Waals surface area contributed by atoms with E-state index in [0.29, 0.717) is 12.0 Å². The van der Waals surface area contributed by atoms with Crippen molar-refractivity contribution in [2.45, 2.75) is 90.1 Å². The molecular formula is C23H40N2. The van der Waals surface area contributed by atoms with Crippen molar-refractivity contribution in [3.05, 3.63) is 47.5 Å². The smallest absolute Gasteiger partial charge is 0.0140 e. The highest BCUT2D eigenvalue weighted by Crippen LogP contribution is 2.23. The molecule has 0 aliphatic carbocycles. The van der Waals surface area contributed by atoms with E-state index in [2.05, 4.69) is 63.9 Å². The predicted molar refractivity (Wildman–Crippen MR) is 112 cm³/mol. The van der Waals surface area contributed by atoms with Crippen molar-refractivity contribution in [2.24, 2.45) is 5.73 Å². The minimum Gasteiger partial charge on any atom is -0.325 e. The van der Waals surface area contributed by atoms with Crippen molar-refractivity contribution in [3.63, 3.8) is 0 Å². The number of aryl methyl sites for hydroxylation is 1. The predicted octanol–water partition coefficient (Wildman–Crippen LogP) is 5.57. The summed E-state index contributed by atoms with van der Waals surface area (Å²) in [5.41, 5.74) is 10.6. The maximum atomic E-state index is 6.43. The minimum absolute atomic E-state index is 0.0900. The fourth-order valence-corrected chi connectivity index (χ4v) is 3.38. The van der Waals surface area contributed by atoms with Crippen molar-refractivity contribution in [3.8, 4) is 0 Å². The Morgan fingerprint density at radius 2 is 2.00 bits per heavy atom. The Balaban J connectivity index is 2.36. The summed E-state index contributed by atoms with van der Waals surface area (Å²) in [6.07, 6.45) is 7.67. The summed E-state index contributed by atoms with van der Waals surface area (Å²) in [5.74, 6) is 0.644. The third-order valence-electron chi connectivity index (χ3n) is 5.44. The first-order valence-corrected chi connectivity index (χ1v) is 9.99. The molecule has 0 saturated heterocycles. The van der Waals surface area contributed by atoms with Gasteiger partial charge < -0.3 is 11.1 Å². The van der Waals surface area contributed by atoms with Gasteiger partial charge >= 0.3 is 0 Å². The van der Waals surface area contributed by atoms with Gasteiger partial charge in [0.25, 0.3) is 0 Å². The molecule has 0 aliphatic heterocycles. The van der Waals surface area contributed by atoms with Crippen molar-refractivity contribution >= 4 is 0 Å². The quantitative estimate of drug-likeness (QED) is 0.486. The lowest BCUT2D eigenvalue weighted by Crippen LogP contribution is -2.42. The zero-order valence-corrected chi connectivity index (χ0v) is 17.2. The molecule has 2 heteroatoms. The van der Waals surface area contributed by atoms with Crippen LogP contribution in [0.1, 0.15) is 83.3 Å². The van der Waals surface area contributed by atoms with E-state index in [-0.39, 0.29) is 5.54 Å². The van der Waals surface area contributed by atoms with Gasteiger partial charge in [-0.3, -0.25) is 0 Å². The molecule has 3 unspecified atom stereocenters. The summed E-state index contributed by atoms with van der Waals surface area (Å²) < 4.78 is 0. The van der Waals surface area contributed by atoms with E-state index in [1.165, 1.54) is 23.1 Å². The molecule has 25 heavy (non-hydrogen) atoms. The summed E-state index contributed by atoms with van der Waals surface area (Å²) in [6, 6.07) is 9.53. The van der Waals surface area contributed by atoms with E-state index in [0.717, 1.165) is 38.5 Å². The zero-order chi connectivity index (χ0) is 18.9. The molecule has 0 fully saturated rings. The highest BCUT2D eigenvalue weighted by molar-refractivity contribution is 5.26. The van der Waals surface area contributed by atoms with Gasteiger partial charge in [0.15, 0.2) is 0 Å². The molecule has 0 saturated carbocycles. The number of nitrogens with two attached hydrogens (primary N) is 1. The molecule has 3 N–H and O–H groups in total. The number of benzene rings is 1. The van der Waals surface area contributed by atoms with Crippen LogP contribution in [0.4, 0.5) is 0 Å². The van der Waals surface area contributed by atoms with Crippen LogP contribution in [0.3, 0.4) is 0 Å². The highest BCUT2D eigenvalue weighted by Gasteiger charge is 2.20. The van der Waals surface area contributed by atoms with Gasteiger partial charge in [0, 0.05) is 11.6 Å². The summed E-state index contributed by atoms with van der Waals surface area (Å²) >= 11 is 0. The molecule has 0 aliphatic rings. The summed E-state index contributed by atoms with van der Waals surface area (Å²) in [6.45, 7) is 13.2. The number of hydrogen-bond acceptors (Lipinski definition) is 2. The molecular weight excluding hydrogens is 304 g/mol. The monoisotopic (exact) mass is 344 g/mol. The van der Waals surface area contributed by atoms with E-state index in [1.807, 2.05) is 7.05 Å². The Bertz CT molecular complexity index is 519. The molecule has 1 rings (SSSR count). The maximum absolute atomic E-state index is 6.43. The molecule has 0 radical (unpaired) electrons. The first kappa shape index (κ1) is 21.9. The number of hydrogen-bond donors (Lipinski definition) is 2. The zero-order valence-electron chi connectivity index (χ0n) is 17.2. The number of nitrogens with one attached hydrogen (secondary N) is 1. The van der Waals surface area contributed by atoms with Gasteiger partial charge in [-0.25, -0.2) is 0 Å². The van der Waals surface area contributed by atoms with Crippen molar-refractivity contribution in [2.75, 3.05) is 7.05 Å². The summed E-state index contributed by atoms with van der Waals surface area (Å²) in [5, 5.41) is 3.28. The molecule has 0 heterocycles. The van der Waals surface area contributed by atoms with E-state index in [9.17, 15) is 0 Å². The van der Waals surface area contributed by atoms with Gasteiger partial charge in [0.1, 0.15) is 0 Å². The van der Waals surface area contributed by atoms with Crippen LogP contribution in [0.2, 0.25) is 0 Å². The first-order valence-electron chi connectivity index (χ1n) is 9.99. The average molecular weight is 345 g/mol. The second kappa shape index (κ2) is 10.8. The van der Waals surface area contributed by atoms with Gasteiger partial charge in [-0.1, -0.05) is 50.3 Å². The van der Waals surface area contributed by atoms with Crippen LogP contribution in [0, 0.1) is 0 Å². The van der Waals surface area contributed by atoms with Crippen LogP contribution in [0.15, 0.2) is 36.4 Å². The van der Waals surface area contributed by atoms with Crippen molar-refractivity contribution in [1.29, 1.82) is 0 Å². The normalized spacial score (nSPS) is 16.2. The van der Waals surface area contributed by atoms with Gasteiger partial charge in [-0.05, 0) is 82.9 Å². The van der Waals surface area contributed by atoms with E-state index in [4.69, 9.17) is 5.73 Å². The van der Waals surface area contributed by atoms with Gasteiger partial charge in [-0.2, -0.15) is 0 Å². The average Bonchev–Trinajstić information content (AvgIpc) is 2.58. The lowest BCUT2D eigenvalue weighted by atomic mass is 9.88. The SMILES string of the molecule is C=C(CCCC(C)(N)CC(C)NC)CCc1cccc(C(C)CC)c1. The van der Waals surface area contributed by atoms with Crippen molar-refractivity contribution < 1.29 is 0 Å². The fourth-order valence-electron chi connectivity index (χ4n) is 3.38. The van der Waals surface area contributed by atoms with Crippen LogP contribution < -0.4 is 11.1 Å². The lowest BCUT2D eigenvalue weighted by molar-refractivity contribution is 0.346. The van der Waals surface area contributed by atoms with Crippen LogP contribution in [-0.4, -0.2) is 18.6 Å². The molecule has 3 atom stereocenters. The molecule has 0 amide bonds. The van der Waals surface area contributed by atoms with E-state index < -0.39 is 0 Å². The molecule has 1 aromatic rings. The van der Waals surface area contributed by atoms with Crippen molar-refractivity contribution in [1.82, 2.24) is 5.32 Å². The standard InChI is InChI=1S/C23H40N2/c1-7-19(3)22-12-8-11-21(16-22)14-13-18(2)10-9-15-23(5,24)17-20(4)25-6/h8,11-12,16,19-20,25H,2,7,9-10,13-15,17,24H2,1,3-6H3. The van der Waals surface area contributed by atoms with E-state index in [1.54, 1.807) is 0 Å². The molecule has 0 bridgehead atoms. The number of rotatable bonds is 12. The molecule has 0 spiro atoms. The maximum Gasteiger partial charge on any atom is 0.0140 e. The van der Waals surface area contributed by atoms with Gasteiger partial charge in [0.05, 0.1) is 0 Å². The second-order valence-corrected chi connectivity index (χ2v) is 8.21. The topological polar surface area (TPSA) is 38.0 Å². The Labute approximate surface area is 156 Å². The third kappa shape index (κ3) is 8.69. The minimum atomic E-state index is -0.0900. The molecule has 1 aromatic carbocycles. The second-order valence-electron chi connectivity index (χ2n) is 8.21. The van der Waals surface area contributed by atoms with Crippen LogP contribution in [0.25, 0.3) is 0 Å². The fraction of sp³-hybridized carbons (Fsp3) is 0.652. The van der Waals surface area contributed by atoms with E-state index >= 15 is 0 Å². The first-order chi connectivity index (χ1) is 11.8. The molecule has 2 nitrogen and oxygen atoms in total. The Kier molecular flexibility index (Phi) is 9.45. The summed E-state index contributed by atoms with van der Waals surface area (Å²) in [7, 11) is 2.00. The molecule has 0 aromatic heterocycles. The Hall–Kier alpha value is -1.12. The Morgan fingerprint density at radius 1 is 1.28 bits per heavy atom. The van der Waals surface area contributed by atoms with Crippen LogP contribution in [-0.2, 0) is 6.42 Å². The number of allylic oxidation sites excluding steroid dienone is 1. The largest absolute Gasteiger partial charge is 0.325 e. The lowest BCUT2D eigenvalue weighted by Gasteiger charge is -2.28. The van der Waals surface area contributed by atoms with Crippen LogP contribution >= 0.6 is 0 Å². The van der Waals surface area contributed by atoms with Gasteiger partial charge in [-0.15, -0.1) is 0 Å². The Morgan fingerprint density at radius 3 is 2.64 bits per heavy atom. The highest BCUT2D eigenvalue weighted by atomic mass is 14.9.